The summed E-state index contributed by atoms with van der Waals surface area (Å²) >= 11 is 6.15. The van der Waals surface area contributed by atoms with Gasteiger partial charge in [0.1, 0.15) is 6.04 Å². The number of nitrogens with one attached hydrogen (secondary N) is 1. The number of hydrogen-bond donors (Lipinski definition) is 1. The summed E-state index contributed by atoms with van der Waals surface area (Å²) in [6, 6.07) is 11.3. The summed E-state index contributed by atoms with van der Waals surface area (Å²) in [6.45, 7) is 3.97. The van der Waals surface area contributed by atoms with E-state index in [1.807, 2.05) is 25.1 Å². The van der Waals surface area contributed by atoms with E-state index in [0.717, 1.165) is 16.8 Å². The third-order valence-corrected chi connectivity index (χ3v) is 8.40. The van der Waals surface area contributed by atoms with Crippen LogP contribution in [0.1, 0.15) is 37.8 Å². The molecule has 2 heterocycles. The van der Waals surface area contributed by atoms with Crippen LogP contribution < -0.4 is 10.2 Å². The number of hydrogen-bond acceptors (Lipinski definition) is 4. The van der Waals surface area contributed by atoms with Gasteiger partial charge in [0.05, 0.1) is 4.90 Å². The Morgan fingerprint density at radius 1 is 1.19 bits per heavy atom. The average Bonchev–Trinajstić information content (AvgIpc) is 3.36. The van der Waals surface area contributed by atoms with Crippen molar-refractivity contribution in [3.05, 3.63) is 58.6 Å². The number of carbonyl (C=O) groups is 2. The van der Waals surface area contributed by atoms with E-state index in [9.17, 15) is 18.0 Å². The van der Waals surface area contributed by atoms with Crippen molar-refractivity contribution in [3.8, 4) is 0 Å². The fourth-order valence-corrected chi connectivity index (χ4v) is 6.53. The Bertz CT molecular complexity index is 1170. The quantitative estimate of drug-likeness (QED) is 0.719. The summed E-state index contributed by atoms with van der Waals surface area (Å²) in [5.74, 6) is -0.398. The van der Waals surface area contributed by atoms with E-state index in [2.05, 4.69) is 5.32 Å². The molecule has 2 aliphatic heterocycles. The predicted octanol–water partition coefficient (Wildman–Crippen LogP) is 3.11. The average molecular weight is 476 g/mol. The fraction of sp³-hybridized carbons (Fsp3) is 0.391. The molecule has 2 aliphatic rings. The Hall–Kier alpha value is -2.42. The number of halogens is 1. The molecule has 1 N–H and O–H groups in total. The van der Waals surface area contributed by atoms with Crippen molar-refractivity contribution >= 4 is 39.1 Å². The van der Waals surface area contributed by atoms with E-state index in [4.69, 9.17) is 11.6 Å². The van der Waals surface area contributed by atoms with Crippen molar-refractivity contribution in [1.29, 1.82) is 0 Å². The standard InChI is InChI=1S/C23H26ClN3O4S/c1-15-12-18-13-19(9-10-21(18)27(15)16(2)28)32(30,31)26-11-5-8-22(26)23(29)25-14-17-6-3-4-7-20(17)24/h3-4,6-7,9-10,13,15,22H,5,8,11-12,14H2,1-2H3,(H,25,29)/t15-,22+/m0/s1. The number of amides is 2. The van der Waals surface area contributed by atoms with Gasteiger partial charge in [-0.2, -0.15) is 4.31 Å². The highest BCUT2D eigenvalue weighted by Gasteiger charge is 2.40. The molecular weight excluding hydrogens is 450 g/mol. The highest BCUT2D eigenvalue weighted by molar-refractivity contribution is 7.89. The summed E-state index contributed by atoms with van der Waals surface area (Å²) in [5, 5.41) is 3.38. The maximum absolute atomic E-state index is 13.4. The van der Waals surface area contributed by atoms with Gasteiger partial charge in [-0.05, 0) is 61.6 Å². The number of nitrogens with zero attached hydrogens (tertiary/aromatic N) is 2. The van der Waals surface area contributed by atoms with E-state index in [0.29, 0.717) is 30.8 Å². The topological polar surface area (TPSA) is 86.8 Å². The van der Waals surface area contributed by atoms with Crippen LogP contribution in [-0.4, -0.2) is 43.2 Å². The molecule has 2 atom stereocenters. The molecule has 0 aliphatic carbocycles. The molecular formula is C23H26ClN3O4S. The number of fused-ring (bicyclic) bond motifs is 1. The third kappa shape index (κ3) is 4.14. The highest BCUT2D eigenvalue weighted by Crippen LogP contribution is 2.35. The van der Waals surface area contributed by atoms with Crippen molar-refractivity contribution in [2.45, 2.75) is 56.6 Å². The monoisotopic (exact) mass is 475 g/mol. The summed E-state index contributed by atoms with van der Waals surface area (Å²) < 4.78 is 28.1. The maximum Gasteiger partial charge on any atom is 0.243 e. The Balaban J connectivity index is 1.53. The molecule has 7 nitrogen and oxygen atoms in total. The van der Waals surface area contributed by atoms with Crippen LogP contribution >= 0.6 is 11.6 Å². The van der Waals surface area contributed by atoms with Crippen LogP contribution in [0.4, 0.5) is 5.69 Å². The zero-order chi connectivity index (χ0) is 23.0. The first kappa shape index (κ1) is 22.8. The van der Waals surface area contributed by atoms with E-state index in [-0.39, 0.29) is 29.3 Å². The van der Waals surface area contributed by atoms with Crippen LogP contribution in [0.3, 0.4) is 0 Å². The Labute approximate surface area is 193 Å². The number of sulfonamides is 1. The van der Waals surface area contributed by atoms with E-state index < -0.39 is 16.1 Å². The van der Waals surface area contributed by atoms with Crippen LogP contribution in [0.15, 0.2) is 47.4 Å². The van der Waals surface area contributed by atoms with Gasteiger partial charge in [0.25, 0.3) is 0 Å². The predicted molar refractivity (Wildman–Crippen MR) is 123 cm³/mol. The van der Waals surface area contributed by atoms with Gasteiger partial charge in [-0.3, -0.25) is 9.59 Å². The minimum atomic E-state index is -3.86. The van der Waals surface area contributed by atoms with Gasteiger partial charge >= 0.3 is 0 Å². The van der Waals surface area contributed by atoms with Gasteiger partial charge in [0, 0.05) is 36.8 Å². The lowest BCUT2D eigenvalue weighted by molar-refractivity contribution is -0.124. The molecule has 32 heavy (non-hydrogen) atoms. The van der Waals surface area contributed by atoms with Crippen molar-refractivity contribution in [2.24, 2.45) is 0 Å². The molecule has 2 amide bonds. The van der Waals surface area contributed by atoms with E-state index in [1.54, 1.807) is 23.1 Å². The molecule has 4 rings (SSSR count). The molecule has 0 radical (unpaired) electrons. The summed E-state index contributed by atoms with van der Waals surface area (Å²) in [6.07, 6.45) is 1.68. The van der Waals surface area contributed by atoms with Gasteiger partial charge in [-0.25, -0.2) is 8.42 Å². The zero-order valence-electron chi connectivity index (χ0n) is 18.0. The lowest BCUT2D eigenvalue weighted by Gasteiger charge is -2.24. The molecule has 0 saturated carbocycles. The third-order valence-electron chi connectivity index (χ3n) is 6.13. The minimum absolute atomic E-state index is 0.0180. The zero-order valence-corrected chi connectivity index (χ0v) is 19.6. The van der Waals surface area contributed by atoms with Gasteiger partial charge in [0.15, 0.2) is 0 Å². The van der Waals surface area contributed by atoms with Gasteiger partial charge in [-0.1, -0.05) is 29.8 Å². The number of rotatable bonds is 5. The van der Waals surface area contributed by atoms with Crippen LogP contribution in [0.2, 0.25) is 5.02 Å². The molecule has 1 fully saturated rings. The van der Waals surface area contributed by atoms with E-state index in [1.165, 1.54) is 17.3 Å². The lowest BCUT2D eigenvalue weighted by atomic mass is 10.1. The second-order valence-corrected chi connectivity index (χ2v) is 10.6. The second-order valence-electron chi connectivity index (χ2n) is 8.32. The van der Waals surface area contributed by atoms with Crippen molar-refractivity contribution in [3.63, 3.8) is 0 Å². The van der Waals surface area contributed by atoms with Gasteiger partial charge < -0.3 is 10.2 Å². The second kappa shape index (κ2) is 8.84. The number of carbonyl (C=O) groups excluding carboxylic acids is 2. The van der Waals surface area contributed by atoms with Crippen LogP contribution in [-0.2, 0) is 32.6 Å². The lowest BCUT2D eigenvalue weighted by Crippen LogP contribution is -2.45. The van der Waals surface area contributed by atoms with Gasteiger partial charge in [0.2, 0.25) is 21.8 Å². The summed E-state index contributed by atoms with van der Waals surface area (Å²) in [5.41, 5.74) is 2.35. The fourth-order valence-electron chi connectivity index (χ4n) is 4.61. The smallest absolute Gasteiger partial charge is 0.243 e. The molecule has 1 saturated heterocycles. The van der Waals surface area contributed by atoms with E-state index >= 15 is 0 Å². The van der Waals surface area contributed by atoms with Crippen LogP contribution in [0, 0.1) is 0 Å². The Morgan fingerprint density at radius 3 is 2.66 bits per heavy atom. The number of anilines is 1. The normalized spacial score (nSPS) is 20.9. The van der Waals surface area contributed by atoms with Crippen molar-refractivity contribution in [1.82, 2.24) is 9.62 Å². The highest BCUT2D eigenvalue weighted by atomic mass is 35.5. The first-order chi connectivity index (χ1) is 15.2. The molecule has 0 unspecified atom stereocenters. The van der Waals surface area contributed by atoms with Gasteiger partial charge in [-0.15, -0.1) is 0 Å². The Kier molecular flexibility index (Phi) is 6.29. The summed E-state index contributed by atoms with van der Waals surface area (Å²) in [7, 11) is -3.86. The minimum Gasteiger partial charge on any atom is -0.351 e. The molecule has 2 aromatic rings. The van der Waals surface area contributed by atoms with Crippen LogP contribution in [0.25, 0.3) is 0 Å². The number of benzene rings is 2. The maximum atomic E-state index is 13.4. The van der Waals surface area contributed by atoms with Crippen LogP contribution in [0.5, 0.6) is 0 Å². The molecule has 0 bridgehead atoms. The molecule has 0 spiro atoms. The van der Waals surface area contributed by atoms with Crippen molar-refractivity contribution in [2.75, 3.05) is 11.4 Å². The first-order valence-corrected chi connectivity index (χ1v) is 12.5. The molecule has 0 aromatic heterocycles. The van der Waals surface area contributed by atoms with Crippen molar-refractivity contribution < 1.29 is 18.0 Å². The largest absolute Gasteiger partial charge is 0.351 e. The molecule has 2 aromatic carbocycles. The molecule has 9 heteroatoms. The Morgan fingerprint density at radius 2 is 1.94 bits per heavy atom. The summed E-state index contributed by atoms with van der Waals surface area (Å²) in [4.78, 5) is 26.7. The SMILES string of the molecule is CC(=O)N1c2ccc(S(=O)(=O)N3CCC[C@@H]3C(=O)NCc3ccccc3Cl)cc2C[C@@H]1C. The molecule has 170 valence electrons. The first-order valence-electron chi connectivity index (χ1n) is 10.7.